The molecule has 4 rings (SSSR count). The van der Waals surface area contributed by atoms with Crippen LogP contribution in [0.25, 0.3) is 0 Å². The predicted molar refractivity (Wildman–Crippen MR) is 142 cm³/mol. The molecule has 2 fully saturated rings. The highest BCUT2D eigenvalue weighted by atomic mass is 16.6. The quantitative estimate of drug-likeness (QED) is 0.227. The van der Waals surface area contributed by atoms with Crippen molar-refractivity contribution in [2.75, 3.05) is 36.2 Å². The van der Waals surface area contributed by atoms with Gasteiger partial charge in [0.05, 0.1) is 26.4 Å². The summed E-state index contributed by atoms with van der Waals surface area (Å²) in [5, 5.41) is 0. The minimum absolute atomic E-state index is 0.237. The number of benzene rings is 2. The van der Waals surface area contributed by atoms with Crippen LogP contribution in [0.2, 0.25) is 0 Å². The van der Waals surface area contributed by atoms with Gasteiger partial charge in [0.25, 0.3) is 0 Å². The molecule has 39 heavy (non-hydrogen) atoms. The normalized spacial score (nSPS) is 21.1. The van der Waals surface area contributed by atoms with Gasteiger partial charge in [-0.2, -0.15) is 0 Å². The Bertz CT molecular complexity index is 1060. The van der Waals surface area contributed by atoms with E-state index >= 15 is 0 Å². The van der Waals surface area contributed by atoms with Crippen molar-refractivity contribution in [1.29, 1.82) is 0 Å². The molecule has 2 aromatic carbocycles. The maximum absolute atomic E-state index is 12.4. The van der Waals surface area contributed by atoms with Crippen LogP contribution in [0.4, 0.5) is 11.4 Å². The molecular weight excluding hydrogens is 504 g/mol. The third-order valence-electron chi connectivity index (χ3n) is 6.61. The zero-order valence-electron chi connectivity index (χ0n) is 22.6. The Balaban J connectivity index is 1.42. The van der Waals surface area contributed by atoms with Crippen LogP contribution in [0, 0.1) is 0 Å². The molecule has 0 radical (unpaired) electrons. The van der Waals surface area contributed by atoms with Crippen LogP contribution in [0.5, 0.6) is 0 Å². The molecule has 2 saturated heterocycles. The lowest BCUT2D eigenvalue weighted by Crippen LogP contribution is -2.20. The van der Waals surface area contributed by atoms with Crippen LogP contribution >= 0.6 is 0 Å². The van der Waals surface area contributed by atoms with E-state index in [1.54, 1.807) is 37.5 Å². The molecule has 10 heteroatoms. The van der Waals surface area contributed by atoms with E-state index in [4.69, 9.17) is 18.9 Å². The van der Waals surface area contributed by atoms with Crippen molar-refractivity contribution in [3.63, 3.8) is 0 Å². The number of nitrogens with zero attached hydrogens (tertiary/aromatic N) is 2. The third-order valence-corrected chi connectivity index (χ3v) is 6.61. The van der Waals surface area contributed by atoms with Crippen LogP contribution in [0.15, 0.2) is 48.5 Å². The fourth-order valence-corrected chi connectivity index (χ4v) is 4.79. The second-order valence-electron chi connectivity index (χ2n) is 9.11. The van der Waals surface area contributed by atoms with Crippen molar-refractivity contribution in [3.8, 4) is 0 Å². The van der Waals surface area contributed by atoms with Gasteiger partial charge in [0, 0.05) is 11.4 Å². The molecular formula is C29H34N2O8. The average Bonchev–Trinajstić information content (AvgIpc) is 3.83. The molecule has 0 aliphatic carbocycles. The summed E-state index contributed by atoms with van der Waals surface area (Å²) in [6.07, 6.45) is 0.645. The van der Waals surface area contributed by atoms with E-state index in [2.05, 4.69) is 0 Å². The standard InChI is InChI=1S/C29H34N2O8/c1-5-36-26(32)22-23(27(33)37-6-2)30(22)20-13-9-18(10-14-20)17-19-11-15-21(16-12-19)31-24(28(34)38-7-3)25(31)29(35)39-8-4/h9-16,22-25H,5-8,17H2,1-4H3/t22-,23+,24-,25+,30?,31?. The summed E-state index contributed by atoms with van der Waals surface area (Å²) in [7, 11) is 0. The lowest BCUT2D eigenvalue weighted by atomic mass is 10.0. The highest BCUT2D eigenvalue weighted by molar-refractivity contribution is 6.01. The van der Waals surface area contributed by atoms with Gasteiger partial charge >= 0.3 is 23.9 Å². The molecule has 0 unspecified atom stereocenters. The fraction of sp³-hybridized carbons (Fsp3) is 0.448. The molecule has 2 aromatic rings. The van der Waals surface area contributed by atoms with E-state index in [1.807, 2.05) is 48.5 Å². The number of carbonyl (C=O) groups excluding carboxylic acids is 4. The lowest BCUT2D eigenvalue weighted by Gasteiger charge is -2.10. The first kappa shape index (κ1) is 27.9. The second-order valence-corrected chi connectivity index (χ2v) is 9.11. The molecule has 0 amide bonds. The molecule has 0 bridgehead atoms. The summed E-state index contributed by atoms with van der Waals surface area (Å²) in [6.45, 7) is 7.86. The van der Waals surface area contributed by atoms with E-state index in [-0.39, 0.29) is 26.4 Å². The number of anilines is 2. The van der Waals surface area contributed by atoms with Gasteiger partial charge in [0.15, 0.2) is 24.2 Å². The Hall–Kier alpha value is -4.08. The summed E-state index contributed by atoms with van der Waals surface area (Å²) in [5.41, 5.74) is 3.55. The van der Waals surface area contributed by atoms with Crippen molar-refractivity contribution >= 4 is 35.3 Å². The van der Waals surface area contributed by atoms with E-state index in [0.717, 1.165) is 22.5 Å². The van der Waals surface area contributed by atoms with Crippen molar-refractivity contribution in [2.24, 2.45) is 0 Å². The van der Waals surface area contributed by atoms with Crippen LogP contribution in [0.3, 0.4) is 0 Å². The van der Waals surface area contributed by atoms with Gasteiger partial charge in [0.2, 0.25) is 0 Å². The van der Waals surface area contributed by atoms with E-state index < -0.39 is 48.0 Å². The van der Waals surface area contributed by atoms with Crippen LogP contribution in [0.1, 0.15) is 38.8 Å². The number of hydrogen-bond donors (Lipinski definition) is 0. The highest BCUT2D eigenvalue weighted by Crippen LogP contribution is 2.38. The number of esters is 4. The van der Waals surface area contributed by atoms with Crippen LogP contribution in [-0.2, 0) is 44.5 Å². The Labute approximate surface area is 227 Å². The second kappa shape index (κ2) is 12.2. The summed E-state index contributed by atoms with van der Waals surface area (Å²) in [6, 6.07) is 12.6. The average molecular weight is 539 g/mol. The maximum Gasteiger partial charge on any atom is 0.331 e. The van der Waals surface area contributed by atoms with Crippen molar-refractivity contribution in [1.82, 2.24) is 0 Å². The minimum atomic E-state index is -0.684. The van der Waals surface area contributed by atoms with Gasteiger partial charge < -0.3 is 28.7 Å². The van der Waals surface area contributed by atoms with Crippen molar-refractivity contribution < 1.29 is 38.1 Å². The molecule has 0 saturated carbocycles. The fourth-order valence-electron chi connectivity index (χ4n) is 4.79. The molecule has 2 aliphatic heterocycles. The number of ether oxygens (including phenoxy) is 4. The van der Waals surface area contributed by atoms with E-state index in [9.17, 15) is 19.2 Å². The topological polar surface area (TPSA) is 111 Å². The van der Waals surface area contributed by atoms with Crippen molar-refractivity contribution in [3.05, 3.63) is 59.7 Å². The zero-order chi connectivity index (χ0) is 28.1. The molecule has 4 atom stereocenters. The number of rotatable bonds is 12. The molecule has 10 nitrogen and oxygen atoms in total. The maximum atomic E-state index is 12.4. The van der Waals surface area contributed by atoms with Gasteiger partial charge in [-0.1, -0.05) is 24.3 Å². The Morgan fingerprint density at radius 1 is 0.513 bits per heavy atom. The minimum Gasteiger partial charge on any atom is -0.464 e. The van der Waals surface area contributed by atoms with Gasteiger partial charge in [-0.25, -0.2) is 19.2 Å². The molecule has 0 aromatic heterocycles. The first-order valence-electron chi connectivity index (χ1n) is 13.3. The van der Waals surface area contributed by atoms with Gasteiger partial charge in [-0.3, -0.25) is 0 Å². The van der Waals surface area contributed by atoms with Gasteiger partial charge in [-0.15, -0.1) is 0 Å². The summed E-state index contributed by atoms with van der Waals surface area (Å²) in [5.74, 6) is -1.77. The SMILES string of the molecule is CCOC(=O)[C@@H]1[C@H](C(=O)OCC)N1c1ccc(Cc2ccc(N3[C@H](C(=O)OCC)[C@@H]3C(=O)OCC)cc2)cc1. The summed E-state index contributed by atoms with van der Waals surface area (Å²) >= 11 is 0. The zero-order valence-corrected chi connectivity index (χ0v) is 22.6. The molecule has 2 heterocycles. The summed E-state index contributed by atoms with van der Waals surface area (Å²) in [4.78, 5) is 52.8. The molecule has 0 spiro atoms. The highest BCUT2D eigenvalue weighted by Gasteiger charge is 2.60. The molecule has 2 aliphatic rings. The van der Waals surface area contributed by atoms with Gasteiger partial charge in [-0.05, 0) is 69.5 Å². The van der Waals surface area contributed by atoms with Crippen molar-refractivity contribution in [2.45, 2.75) is 58.3 Å². The predicted octanol–water partition coefficient (Wildman–Crippen LogP) is 2.64. The number of hydrogen-bond acceptors (Lipinski definition) is 10. The lowest BCUT2D eigenvalue weighted by molar-refractivity contribution is -0.147. The smallest absolute Gasteiger partial charge is 0.331 e. The van der Waals surface area contributed by atoms with E-state index in [1.165, 1.54) is 0 Å². The molecule has 208 valence electrons. The first-order valence-corrected chi connectivity index (χ1v) is 13.3. The molecule has 0 N–H and O–H groups in total. The Kier molecular flexibility index (Phi) is 8.73. The van der Waals surface area contributed by atoms with E-state index in [0.29, 0.717) is 6.42 Å². The van der Waals surface area contributed by atoms with Gasteiger partial charge in [0.1, 0.15) is 0 Å². The van der Waals surface area contributed by atoms with Crippen LogP contribution in [-0.4, -0.2) is 74.5 Å². The largest absolute Gasteiger partial charge is 0.464 e. The monoisotopic (exact) mass is 538 g/mol. The summed E-state index contributed by atoms with van der Waals surface area (Å²) < 4.78 is 20.5. The Morgan fingerprint density at radius 2 is 0.769 bits per heavy atom. The Morgan fingerprint density at radius 3 is 1.00 bits per heavy atom. The third kappa shape index (κ3) is 6.00. The number of carbonyl (C=O) groups is 4. The first-order chi connectivity index (χ1) is 18.9. The van der Waals surface area contributed by atoms with Crippen LogP contribution < -0.4 is 9.80 Å².